The zero-order valence-corrected chi connectivity index (χ0v) is 13.0. The SMILES string of the molecule is CSC1(CNC(=O)C2(CN)CCCCC2)CCCC1. The van der Waals surface area contributed by atoms with E-state index in [0.29, 0.717) is 11.3 Å². The molecule has 19 heavy (non-hydrogen) atoms. The number of carbonyl (C=O) groups excluding carboxylic acids is 1. The van der Waals surface area contributed by atoms with Gasteiger partial charge in [0.25, 0.3) is 0 Å². The lowest BCUT2D eigenvalue weighted by Crippen LogP contribution is -2.50. The molecule has 0 atom stereocenters. The van der Waals surface area contributed by atoms with Gasteiger partial charge >= 0.3 is 0 Å². The highest BCUT2D eigenvalue weighted by molar-refractivity contribution is 8.00. The predicted molar refractivity (Wildman–Crippen MR) is 82.3 cm³/mol. The van der Waals surface area contributed by atoms with Crippen molar-refractivity contribution in [2.45, 2.75) is 62.5 Å². The summed E-state index contributed by atoms with van der Waals surface area (Å²) in [6.45, 7) is 1.33. The van der Waals surface area contributed by atoms with Gasteiger partial charge in [-0.3, -0.25) is 4.79 Å². The van der Waals surface area contributed by atoms with Crippen molar-refractivity contribution in [1.29, 1.82) is 0 Å². The van der Waals surface area contributed by atoms with Crippen LogP contribution in [0.2, 0.25) is 0 Å². The Morgan fingerprint density at radius 2 is 1.68 bits per heavy atom. The third-order valence-corrected chi connectivity index (χ3v) is 6.62. The monoisotopic (exact) mass is 284 g/mol. The van der Waals surface area contributed by atoms with Crippen LogP contribution in [0.3, 0.4) is 0 Å². The normalized spacial score (nSPS) is 25.2. The summed E-state index contributed by atoms with van der Waals surface area (Å²) in [5.41, 5.74) is 5.65. The molecule has 0 saturated heterocycles. The van der Waals surface area contributed by atoms with Crippen LogP contribution in [-0.4, -0.2) is 30.0 Å². The van der Waals surface area contributed by atoms with E-state index in [9.17, 15) is 4.79 Å². The lowest BCUT2D eigenvalue weighted by Gasteiger charge is -2.36. The first kappa shape index (κ1) is 15.2. The molecule has 0 heterocycles. The van der Waals surface area contributed by atoms with Gasteiger partial charge in [0.1, 0.15) is 0 Å². The van der Waals surface area contributed by atoms with E-state index in [1.54, 1.807) is 0 Å². The molecule has 0 radical (unpaired) electrons. The van der Waals surface area contributed by atoms with Crippen molar-refractivity contribution in [3.8, 4) is 0 Å². The van der Waals surface area contributed by atoms with E-state index in [1.165, 1.54) is 32.1 Å². The minimum atomic E-state index is -0.267. The van der Waals surface area contributed by atoms with Crippen molar-refractivity contribution < 1.29 is 4.79 Å². The maximum atomic E-state index is 12.6. The van der Waals surface area contributed by atoms with E-state index in [0.717, 1.165) is 32.2 Å². The molecule has 0 unspecified atom stereocenters. The summed E-state index contributed by atoms with van der Waals surface area (Å²) >= 11 is 1.93. The molecule has 3 N–H and O–H groups in total. The summed E-state index contributed by atoms with van der Waals surface area (Å²) in [4.78, 5) is 12.6. The third kappa shape index (κ3) is 3.27. The lowest BCUT2D eigenvalue weighted by molar-refractivity contribution is -0.132. The molecule has 0 bridgehead atoms. The maximum absolute atomic E-state index is 12.6. The summed E-state index contributed by atoms with van der Waals surface area (Å²) < 4.78 is 0.292. The van der Waals surface area contributed by atoms with Gasteiger partial charge in [-0.1, -0.05) is 32.1 Å². The Bertz CT molecular complexity index is 307. The van der Waals surface area contributed by atoms with E-state index in [-0.39, 0.29) is 11.3 Å². The molecule has 0 aromatic carbocycles. The van der Waals surface area contributed by atoms with Crippen molar-refractivity contribution in [3.63, 3.8) is 0 Å². The number of nitrogens with two attached hydrogens (primary N) is 1. The smallest absolute Gasteiger partial charge is 0.227 e. The molecule has 4 heteroatoms. The van der Waals surface area contributed by atoms with Gasteiger partial charge < -0.3 is 11.1 Å². The Balaban J connectivity index is 1.92. The van der Waals surface area contributed by atoms with Gasteiger partial charge in [-0.05, 0) is 31.9 Å². The van der Waals surface area contributed by atoms with Gasteiger partial charge in [-0.15, -0.1) is 0 Å². The fourth-order valence-corrected chi connectivity index (χ4v) is 4.57. The molecule has 2 saturated carbocycles. The molecular formula is C15H28N2OS. The molecule has 1 amide bonds. The van der Waals surface area contributed by atoms with Crippen LogP contribution in [0.1, 0.15) is 57.8 Å². The van der Waals surface area contributed by atoms with Crippen LogP contribution in [0.5, 0.6) is 0 Å². The Hall–Kier alpha value is -0.220. The molecule has 0 aromatic rings. The fourth-order valence-electron chi connectivity index (χ4n) is 3.65. The maximum Gasteiger partial charge on any atom is 0.227 e. The van der Waals surface area contributed by atoms with E-state index < -0.39 is 0 Å². The van der Waals surface area contributed by atoms with Gasteiger partial charge in [0.15, 0.2) is 0 Å². The van der Waals surface area contributed by atoms with Crippen LogP contribution >= 0.6 is 11.8 Å². The van der Waals surface area contributed by atoms with Crippen LogP contribution < -0.4 is 11.1 Å². The molecule has 110 valence electrons. The zero-order chi connectivity index (χ0) is 13.8. The Labute approximate surface area is 121 Å². The van der Waals surface area contributed by atoms with Crippen LogP contribution in [0, 0.1) is 5.41 Å². The summed E-state index contributed by atoms with van der Waals surface area (Å²) in [6, 6.07) is 0. The zero-order valence-electron chi connectivity index (χ0n) is 12.2. The van der Waals surface area contributed by atoms with Gasteiger partial charge in [-0.2, -0.15) is 11.8 Å². The molecular weight excluding hydrogens is 256 g/mol. The van der Waals surface area contributed by atoms with Crippen molar-refractivity contribution in [1.82, 2.24) is 5.32 Å². The fraction of sp³-hybridized carbons (Fsp3) is 0.933. The largest absolute Gasteiger partial charge is 0.354 e. The Kier molecular flexibility index (Phi) is 5.18. The first-order chi connectivity index (χ1) is 9.16. The predicted octanol–water partition coefficient (Wildman–Crippen LogP) is 2.69. The molecule has 0 aromatic heterocycles. The highest BCUT2D eigenvalue weighted by Crippen LogP contribution is 2.40. The van der Waals surface area contributed by atoms with Crippen molar-refractivity contribution in [2.75, 3.05) is 19.3 Å². The van der Waals surface area contributed by atoms with Gasteiger partial charge in [0, 0.05) is 17.8 Å². The second-order valence-electron chi connectivity index (χ2n) is 6.32. The molecule has 2 aliphatic rings. The molecule has 2 fully saturated rings. The molecule has 3 nitrogen and oxygen atoms in total. The highest BCUT2D eigenvalue weighted by Gasteiger charge is 2.40. The lowest BCUT2D eigenvalue weighted by atomic mass is 9.73. The first-order valence-electron chi connectivity index (χ1n) is 7.70. The van der Waals surface area contributed by atoms with Gasteiger partial charge in [-0.25, -0.2) is 0 Å². The number of carbonyl (C=O) groups is 1. The minimum absolute atomic E-state index is 0.218. The molecule has 2 rings (SSSR count). The third-order valence-electron chi connectivity index (χ3n) is 5.20. The second kappa shape index (κ2) is 6.49. The number of rotatable bonds is 5. The number of hydrogen-bond donors (Lipinski definition) is 2. The Morgan fingerprint density at radius 1 is 1.11 bits per heavy atom. The highest BCUT2D eigenvalue weighted by atomic mass is 32.2. The van der Waals surface area contributed by atoms with E-state index in [4.69, 9.17) is 5.73 Å². The minimum Gasteiger partial charge on any atom is -0.354 e. The van der Waals surface area contributed by atoms with Crippen LogP contribution in [0.15, 0.2) is 0 Å². The first-order valence-corrected chi connectivity index (χ1v) is 8.92. The standard InChI is InChI=1S/C15H28N2OS/c1-19-15(9-5-6-10-15)12-17-13(18)14(11-16)7-3-2-4-8-14/h2-12,16H2,1H3,(H,17,18). The Morgan fingerprint density at radius 3 is 2.21 bits per heavy atom. The molecule has 0 aliphatic heterocycles. The van der Waals surface area contributed by atoms with E-state index in [1.807, 2.05) is 11.8 Å². The van der Waals surface area contributed by atoms with E-state index >= 15 is 0 Å². The summed E-state index contributed by atoms with van der Waals surface area (Å²) in [6.07, 6.45) is 12.8. The number of hydrogen-bond acceptors (Lipinski definition) is 3. The number of nitrogens with one attached hydrogen (secondary N) is 1. The van der Waals surface area contributed by atoms with Crippen molar-refractivity contribution in [2.24, 2.45) is 11.1 Å². The van der Waals surface area contributed by atoms with Gasteiger partial charge in [0.05, 0.1) is 5.41 Å². The van der Waals surface area contributed by atoms with Gasteiger partial charge in [0.2, 0.25) is 5.91 Å². The number of amides is 1. The topological polar surface area (TPSA) is 55.1 Å². The van der Waals surface area contributed by atoms with Crippen LogP contribution in [0.25, 0.3) is 0 Å². The molecule has 2 aliphatic carbocycles. The number of thioether (sulfide) groups is 1. The van der Waals surface area contributed by atoms with Crippen molar-refractivity contribution >= 4 is 17.7 Å². The summed E-state index contributed by atoms with van der Waals surface area (Å²) in [7, 11) is 0. The van der Waals surface area contributed by atoms with E-state index in [2.05, 4.69) is 11.6 Å². The summed E-state index contributed by atoms with van der Waals surface area (Å²) in [5.74, 6) is 0.218. The summed E-state index contributed by atoms with van der Waals surface area (Å²) in [5, 5.41) is 3.24. The van der Waals surface area contributed by atoms with Crippen LogP contribution in [0.4, 0.5) is 0 Å². The average molecular weight is 284 g/mol. The van der Waals surface area contributed by atoms with Crippen molar-refractivity contribution in [3.05, 3.63) is 0 Å². The van der Waals surface area contributed by atoms with Crippen LogP contribution in [-0.2, 0) is 4.79 Å². The molecule has 0 spiro atoms. The average Bonchev–Trinajstić information content (AvgIpc) is 2.95. The second-order valence-corrected chi connectivity index (χ2v) is 7.60. The quantitative estimate of drug-likeness (QED) is 0.816.